The first-order valence-electron chi connectivity index (χ1n) is 6.63. The van der Waals surface area contributed by atoms with Gasteiger partial charge in [0, 0.05) is 30.7 Å². The molecule has 5 heteroatoms. The molecule has 2 N–H and O–H groups in total. The number of aryl methyl sites for hydroxylation is 1. The number of likely N-dealkylation sites (N-methyl/N-ethyl adjacent to an activating group) is 1. The van der Waals surface area contributed by atoms with Gasteiger partial charge in [-0.3, -0.25) is 0 Å². The number of aliphatic hydroxyl groups is 1. The third kappa shape index (κ3) is 4.30. The van der Waals surface area contributed by atoms with Crippen LogP contribution in [0.3, 0.4) is 0 Å². The number of hydrogen-bond donors (Lipinski definition) is 2. The highest BCUT2D eigenvalue weighted by Gasteiger charge is 2.25. The van der Waals surface area contributed by atoms with Gasteiger partial charge in [-0.15, -0.1) is 0 Å². The van der Waals surface area contributed by atoms with Gasteiger partial charge in [-0.05, 0) is 25.8 Å². The summed E-state index contributed by atoms with van der Waals surface area (Å²) in [6.07, 6.45) is 6.84. The Kier molecular flexibility index (Phi) is 6.75. The maximum Gasteiger partial charge on any atom is 0.167 e. The van der Waals surface area contributed by atoms with Crippen LogP contribution in [0.1, 0.15) is 33.1 Å². The Morgan fingerprint density at radius 3 is 2.78 bits per heavy atom. The SMILES string of the molecule is CCNC(CC)(CO)CCCSc1nccn1C. The van der Waals surface area contributed by atoms with Crippen molar-refractivity contribution in [3.8, 4) is 0 Å². The summed E-state index contributed by atoms with van der Waals surface area (Å²) in [6.45, 7) is 5.33. The number of nitrogens with zero attached hydrogens (tertiary/aromatic N) is 2. The second-order valence-electron chi connectivity index (χ2n) is 4.60. The van der Waals surface area contributed by atoms with E-state index in [0.29, 0.717) is 0 Å². The topological polar surface area (TPSA) is 50.1 Å². The van der Waals surface area contributed by atoms with Crippen molar-refractivity contribution in [2.75, 3.05) is 18.9 Å². The van der Waals surface area contributed by atoms with Gasteiger partial charge < -0.3 is 15.0 Å². The van der Waals surface area contributed by atoms with Crippen molar-refractivity contribution in [2.45, 2.75) is 43.8 Å². The van der Waals surface area contributed by atoms with E-state index in [1.807, 2.05) is 24.0 Å². The lowest BCUT2D eigenvalue weighted by Gasteiger charge is -2.31. The van der Waals surface area contributed by atoms with Gasteiger partial charge in [0.1, 0.15) is 0 Å². The lowest BCUT2D eigenvalue weighted by Crippen LogP contribution is -2.48. The molecule has 0 bridgehead atoms. The molecule has 0 saturated carbocycles. The maximum absolute atomic E-state index is 9.55. The molecule has 1 atom stereocenters. The van der Waals surface area contributed by atoms with Gasteiger partial charge in [0.15, 0.2) is 5.16 Å². The van der Waals surface area contributed by atoms with Gasteiger partial charge in [0.05, 0.1) is 6.61 Å². The van der Waals surface area contributed by atoms with Gasteiger partial charge in [0.25, 0.3) is 0 Å². The van der Waals surface area contributed by atoms with E-state index in [0.717, 1.165) is 36.7 Å². The number of nitrogens with one attached hydrogen (secondary N) is 1. The summed E-state index contributed by atoms with van der Waals surface area (Å²) >= 11 is 1.78. The van der Waals surface area contributed by atoms with E-state index >= 15 is 0 Å². The van der Waals surface area contributed by atoms with Crippen LogP contribution in [0, 0.1) is 0 Å². The van der Waals surface area contributed by atoms with Crippen LogP contribution in [0.4, 0.5) is 0 Å². The summed E-state index contributed by atoms with van der Waals surface area (Å²) < 4.78 is 2.04. The molecule has 1 aromatic heterocycles. The van der Waals surface area contributed by atoms with Crippen molar-refractivity contribution in [3.63, 3.8) is 0 Å². The van der Waals surface area contributed by atoms with E-state index < -0.39 is 0 Å². The van der Waals surface area contributed by atoms with Crippen molar-refractivity contribution in [2.24, 2.45) is 7.05 Å². The van der Waals surface area contributed by atoms with Crippen LogP contribution in [-0.4, -0.2) is 39.1 Å². The lowest BCUT2D eigenvalue weighted by molar-refractivity contribution is 0.148. The molecule has 104 valence electrons. The Balaban J connectivity index is 2.33. The largest absolute Gasteiger partial charge is 0.394 e. The average molecular weight is 271 g/mol. The predicted octanol–water partition coefficient (Wildman–Crippen LogP) is 2.04. The summed E-state index contributed by atoms with van der Waals surface area (Å²) in [6, 6.07) is 0. The fourth-order valence-electron chi connectivity index (χ4n) is 2.08. The van der Waals surface area contributed by atoms with Crippen molar-refractivity contribution in [1.29, 1.82) is 0 Å². The molecule has 0 aliphatic rings. The monoisotopic (exact) mass is 271 g/mol. The van der Waals surface area contributed by atoms with E-state index in [9.17, 15) is 5.11 Å². The molecule has 1 rings (SSSR count). The molecule has 0 aliphatic heterocycles. The van der Waals surface area contributed by atoms with Gasteiger partial charge in [-0.25, -0.2) is 4.98 Å². The zero-order valence-electron chi connectivity index (χ0n) is 11.6. The summed E-state index contributed by atoms with van der Waals surface area (Å²) in [5.41, 5.74) is -0.100. The smallest absolute Gasteiger partial charge is 0.167 e. The van der Waals surface area contributed by atoms with E-state index in [-0.39, 0.29) is 12.1 Å². The first-order valence-corrected chi connectivity index (χ1v) is 7.62. The second kappa shape index (κ2) is 7.81. The molecule has 0 saturated heterocycles. The van der Waals surface area contributed by atoms with Gasteiger partial charge in [-0.2, -0.15) is 0 Å². The molecule has 0 fully saturated rings. The van der Waals surface area contributed by atoms with Crippen LogP contribution in [0.5, 0.6) is 0 Å². The van der Waals surface area contributed by atoms with Crippen LogP contribution in [0.2, 0.25) is 0 Å². The standard InChI is InChI=1S/C13H25N3OS/c1-4-13(11-17,15-5-2)7-6-10-18-12-14-8-9-16(12)3/h8-9,15,17H,4-7,10-11H2,1-3H3. The van der Waals surface area contributed by atoms with Gasteiger partial charge in [-0.1, -0.05) is 25.6 Å². The third-order valence-electron chi connectivity index (χ3n) is 3.34. The molecule has 1 unspecified atom stereocenters. The van der Waals surface area contributed by atoms with Gasteiger partial charge >= 0.3 is 0 Å². The van der Waals surface area contributed by atoms with Crippen molar-refractivity contribution >= 4 is 11.8 Å². The van der Waals surface area contributed by atoms with Crippen LogP contribution < -0.4 is 5.32 Å². The number of thioether (sulfide) groups is 1. The van der Waals surface area contributed by atoms with E-state index in [1.165, 1.54) is 0 Å². The molecule has 4 nitrogen and oxygen atoms in total. The summed E-state index contributed by atoms with van der Waals surface area (Å²) in [7, 11) is 2.01. The first-order chi connectivity index (χ1) is 8.67. The molecule has 1 heterocycles. The minimum absolute atomic E-state index is 0.100. The molecule has 0 amide bonds. The number of imidazole rings is 1. The predicted molar refractivity (Wildman–Crippen MR) is 77.0 cm³/mol. The number of hydrogen-bond acceptors (Lipinski definition) is 4. The van der Waals surface area contributed by atoms with Crippen molar-refractivity contribution in [3.05, 3.63) is 12.4 Å². The van der Waals surface area contributed by atoms with Crippen LogP contribution >= 0.6 is 11.8 Å². The minimum Gasteiger partial charge on any atom is -0.394 e. The highest BCUT2D eigenvalue weighted by molar-refractivity contribution is 7.99. The average Bonchev–Trinajstić information content (AvgIpc) is 2.79. The fraction of sp³-hybridized carbons (Fsp3) is 0.769. The van der Waals surface area contributed by atoms with Gasteiger partial charge in [0.2, 0.25) is 0 Å². The Bertz CT molecular complexity index is 337. The number of rotatable bonds is 9. The van der Waals surface area contributed by atoms with Crippen molar-refractivity contribution < 1.29 is 5.11 Å². The molecular weight excluding hydrogens is 246 g/mol. The Hall–Kier alpha value is -0.520. The third-order valence-corrected chi connectivity index (χ3v) is 4.48. The normalized spacial score (nSPS) is 14.7. The first kappa shape index (κ1) is 15.5. The fourth-order valence-corrected chi connectivity index (χ4v) is 2.95. The van der Waals surface area contributed by atoms with E-state index in [1.54, 1.807) is 11.8 Å². The second-order valence-corrected chi connectivity index (χ2v) is 5.66. The Morgan fingerprint density at radius 1 is 1.50 bits per heavy atom. The molecule has 0 radical (unpaired) electrons. The molecule has 0 spiro atoms. The van der Waals surface area contributed by atoms with Crippen molar-refractivity contribution in [1.82, 2.24) is 14.9 Å². The highest BCUT2D eigenvalue weighted by atomic mass is 32.2. The van der Waals surface area contributed by atoms with Crippen LogP contribution in [-0.2, 0) is 7.05 Å². The summed E-state index contributed by atoms with van der Waals surface area (Å²) in [4.78, 5) is 4.29. The molecular formula is C13H25N3OS. The molecule has 0 aliphatic carbocycles. The molecule has 1 aromatic rings. The lowest BCUT2D eigenvalue weighted by atomic mass is 9.91. The van der Waals surface area contributed by atoms with E-state index in [2.05, 4.69) is 24.1 Å². The number of aromatic nitrogens is 2. The molecule has 0 aromatic carbocycles. The van der Waals surface area contributed by atoms with Crippen LogP contribution in [0.25, 0.3) is 0 Å². The summed E-state index contributed by atoms with van der Waals surface area (Å²) in [5, 5.41) is 14.0. The molecule has 18 heavy (non-hydrogen) atoms. The number of aliphatic hydroxyl groups excluding tert-OH is 1. The zero-order valence-corrected chi connectivity index (χ0v) is 12.5. The van der Waals surface area contributed by atoms with Crippen LogP contribution in [0.15, 0.2) is 17.6 Å². The Morgan fingerprint density at radius 2 is 2.28 bits per heavy atom. The maximum atomic E-state index is 9.55. The highest BCUT2D eigenvalue weighted by Crippen LogP contribution is 2.21. The quantitative estimate of drug-likeness (QED) is 0.533. The van der Waals surface area contributed by atoms with E-state index in [4.69, 9.17) is 0 Å². The zero-order chi connectivity index (χ0) is 13.4. The Labute approximate surface area is 114 Å². The minimum atomic E-state index is -0.100. The summed E-state index contributed by atoms with van der Waals surface area (Å²) in [5.74, 6) is 1.04.